The highest BCUT2D eigenvalue weighted by molar-refractivity contribution is 7.74. The molecule has 0 radical (unpaired) electrons. The molecule has 0 spiro atoms. The van der Waals surface area contributed by atoms with Gasteiger partial charge in [0, 0.05) is 0 Å². The van der Waals surface area contributed by atoms with Crippen molar-refractivity contribution in [3.63, 3.8) is 0 Å². The molecule has 0 saturated heterocycles. The molecule has 0 amide bonds. The van der Waals surface area contributed by atoms with Gasteiger partial charge in [0.15, 0.2) is 6.04 Å². The van der Waals surface area contributed by atoms with E-state index < -0.39 is 29.0 Å². The first-order valence-corrected chi connectivity index (χ1v) is 7.68. The van der Waals surface area contributed by atoms with Gasteiger partial charge in [-0.2, -0.15) is 0 Å². The van der Waals surface area contributed by atoms with Gasteiger partial charge in [0.1, 0.15) is 0 Å². The van der Waals surface area contributed by atoms with Crippen LogP contribution in [0.1, 0.15) is 19.4 Å². The summed E-state index contributed by atoms with van der Waals surface area (Å²) in [6.07, 6.45) is -1.17. The fourth-order valence-corrected chi connectivity index (χ4v) is 2.68. The first-order chi connectivity index (χ1) is 9.79. The first kappa shape index (κ1) is 17.5. The predicted molar refractivity (Wildman–Crippen MR) is 80.6 cm³/mol. The Bertz CT molecular complexity index is 545. The molecule has 0 aliphatic heterocycles. The van der Waals surface area contributed by atoms with Crippen LogP contribution in [0, 0.1) is 12.8 Å². The lowest BCUT2D eigenvalue weighted by Crippen LogP contribution is -2.51. The Morgan fingerprint density at radius 1 is 1.24 bits per heavy atom. The first-order valence-electron chi connectivity index (χ1n) is 6.55. The summed E-state index contributed by atoms with van der Waals surface area (Å²) in [4.78, 5) is 12.0. The van der Waals surface area contributed by atoms with Crippen LogP contribution >= 0.6 is 0 Å². The molecule has 118 valence electrons. The Morgan fingerprint density at radius 2 is 1.76 bits per heavy atom. The molecule has 1 N–H and O–H groups in total. The van der Waals surface area contributed by atoms with Crippen molar-refractivity contribution < 1.29 is 23.1 Å². The van der Waals surface area contributed by atoms with Crippen LogP contribution in [-0.2, 0) is 20.4 Å². The molecule has 6 nitrogen and oxygen atoms in total. The maximum Gasteiger partial charge on any atom is 0.332 e. The maximum atomic E-state index is 12.0. The van der Waals surface area contributed by atoms with Crippen LogP contribution in [-0.4, -0.2) is 38.7 Å². The summed E-state index contributed by atoms with van der Waals surface area (Å²) in [6.45, 7) is 5.27. The highest BCUT2D eigenvalue weighted by atomic mass is 32.2. The van der Waals surface area contributed by atoms with E-state index in [9.17, 15) is 18.3 Å². The molecule has 1 aromatic rings. The zero-order valence-electron chi connectivity index (χ0n) is 12.5. The minimum Gasteiger partial charge on any atom is -0.467 e. The number of hydrogen-bond donors (Lipinski definition) is 2. The quantitative estimate of drug-likeness (QED) is 0.601. The molecule has 0 aliphatic carbocycles. The van der Waals surface area contributed by atoms with Gasteiger partial charge in [0.25, 0.3) is 0 Å². The number of aryl methyl sites for hydroxylation is 1. The molecule has 1 rings (SSSR count). The van der Waals surface area contributed by atoms with Crippen molar-refractivity contribution >= 4 is 22.5 Å². The number of hydrogen-bond acceptors (Lipinski definition) is 5. The number of esters is 1. The van der Waals surface area contributed by atoms with Crippen LogP contribution in [0.25, 0.3) is 0 Å². The highest BCUT2D eigenvalue weighted by Crippen LogP contribution is 2.23. The van der Waals surface area contributed by atoms with Crippen molar-refractivity contribution in [2.45, 2.75) is 32.9 Å². The number of anilines is 1. The standard InChI is InChI=1S/C14H21NO5S/c1-9(2)13(16)12(14(17)20-4)15(21(18)19)11-7-5-10(3)6-8-11/h5-9,12-13,16,21H,1-4H3/t12-,13+/m0/s1. The van der Waals surface area contributed by atoms with Crippen molar-refractivity contribution in [2.24, 2.45) is 5.92 Å². The van der Waals surface area contributed by atoms with E-state index >= 15 is 0 Å². The van der Waals surface area contributed by atoms with E-state index in [1.165, 1.54) is 0 Å². The van der Waals surface area contributed by atoms with Crippen molar-refractivity contribution in [1.82, 2.24) is 0 Å². The predicted octanol–water partition coefficient (Wildman–Crippen LogP) is 0.886. The molecule has 0 aromatic heterocycles. The zero-order chi connectivity index (χ0) is 16.2. The fourth-order valence-electron chi connectivity index (χ4n) is 1.92. The Hall–Kier alpha value is -1.60. The van der Waals surface area contributed by atoms with Gasteiger partial charge in [0.05, 0.1) is 18.9 Å². The topological polar surface area (TPSA) is 83.9 Å². The van der Waals surface area contributed by atoms with Gasteiger partial charge in [-0.1, -0.05) is 31.5 Å². The van der Waals surface area contributed by atoms with E-state index in [0.29, 0.717) is 5.69 Å². The number of thiol groups is 1. The van der Waals surface area contributed by atoms with Crippen molar-refractivity contribution in [3.8, 4) is 0 Å². The second-order valence-electron chi connectivity index (χ2n) is 5.12. The smallest absolute Gasteiger partial charge is 0.332 e. The van der Waals surface area contributed by atoms with Crippen molar-refractivity contribution in [1.29, 1.82) is 0 Å². The third kappa shape index (κ3) is 4.18. The van der Waals surface area contributed by atoms with Crippen LogP contribution in [0.3, 0.4) is 0 Å². The number of aliphatic hydroxyl groups excluding tert-OH is 1. The van der Waals surface area contributed by atoms with Gasteiger partial charge in [-0.25, -0.2) is 13.2 Å². The average Bonchev–Trinajstić information content (AvgIpc) is 2.44. The van der Waals surface area contributed by atoms with E-state index in [0.717, 1.165) is 17.0 Å². The Morgan fingerprint density at radius 3 is 2.14 bits per heavy atom. The number of methoxy groups -OCH3 is 1. The monoisotopic (exact) mass is 315 g/mol. The maximum absolute atomic E-state index is 12.0. The molecule has 0 fully saturated rings. The molecule has 7 heteroatoms. The summed E-state index contributed by atoms with van der Waals surface area (Å²) in [6, 6.07) is 5.33. The molecular weight excluding hydrogens is 294 g/mol. The largest absolute Gasteiger partial charge is 0.467 e. The van der Waals surface area contributed by atoms with E-state index in [2.05, 4.69) is 4.74 Å². The van der Waals surface area contributed by atoms with Gasteiger partial charge in [0.2, 0.25) is 10.9 Å². The van der Waals surface area contributed by atoms with Gasteiger partial charge >= 0.3 is 5.97 Å². The number of aliphatic hydroxyl groups is 1. The number of ether oxygens (including phenoxy) is 1. The molecule has 0 aliphatic rings. The number of nitrogens with zero attached hydrogens (tertiary/aromatic N) is 1. The summed E-state index contributed by atoms with van der Waals surface area (Å²) in [5.74, 6) is -1.10. The lowest BCUT2D eigenvalue weighted by atomic mass is 9.99. The average molecular weight is 315 g/mol. The molecule has 0 unspecified atom stereocenters. The number of benzene rings is 1. The van der Waals surface area contributed by atoms with Crippen LogP contribution in [0.5, 0.6) is 0 Å². The van der Waals surface area contributed by atoms with E-state index in [-0.39, 0.29) is 5.92 Å². The normalized spacial score (nSPS) is 14.0. The van der Waals surface area contributed by atoms with Crippen LogP contribution in [0.2, 0.25) is 0 Å². The van der Waals surface area contributed by atoms with E-state index in [1.807, 2.05) is 6.92 Å². The number of carbonyl (C=O) groups excluding carboxylic acids is 1. The molecule has 2 atom stereocenters. The lowest BCUT2D eigenvalue weighted by Gasteiger charge is -2.31. The highest BCUT2D eigenvalue weighted by Gasteiger charge is 2.37. The third-order valence-corrected chi connectivity index (χ3v) is 4.02. The Labute approximate surface area is 126 Å². The summed E-state index contributed by atoms with van der Waals surface area (Å²) >= 11 is 0. The third-order valence-electron chi connectivity index (χ3n) is 3.19. The zero-order valence-corrected chi connectivity index (χ0v) is 13.4. The van der Waals surface area contributed by atoms with E-state index in [1.54, 1.807) is 38.1 Å². The number of rotatable bonds is 6. The van der Waals surface area contributed by atoms with Crippen LogP contribution in [0.4, 0.5) is 5.69 Å². The second-order valence-corrected chi connectivity index (χ2v) is 6.03. The second kappa shape index (κ2) is 7.42. The van der Waals surface area contributed by atoms with Gasteiger partial charge in [-0.05, 0) is 25.0 Å². The number of carbonyl (C=O) groups is 1. The Kier molecular flexibility index (Phi) is 6.17. The summed E-state index contributed by atoms with van der Waals surface area (Å²) in [5.41, 5.74) is 1.27. The van der Waals surface area contributed by atoms with E-state index in [4.69, 9.17) is 0 Å². The summed E-state index contributed by atoms with van der Waals surface area (Å²) < 4.78 is 28.8. The molecule has 0 bridgehead atoms. The van der Waals surface area contributed by atoms with Crippen molar-refractivity contribution in [3.05, 3.63) is 29.8 Å². The van der Waals surface area contributed by atoms with Gasteiger partial charge in [-0.15, -0.1) is 0 Å². The van der Waals surface area contributed by atoms with Crippen LogP contribution < -0.4 is 4.31 Å². The summed E-state index contributed by atoms with van der Waals surface area (Å²) in [5, 5.41) is 10.2. The SMILES string of the molecule is COC(=O)[C@H]([C@H](O)C(C)C)N(c1ccc(C)cc1)[SH](=O)=O. The fraction of sp³-hybridized carbons (Fsp3) is 0.500. The van der Waals surface area contributed by atoms with Crippen LogP contribution in [0.15, 0.2) is 24.3 Å². The minimum atomic E-state index is -3.11. The van der Waals surface area contributed by atoms with Gasteiger partial charge < -0.3 is 9.84 Å². The molecular formula is C14H21NO5S. The molecule has 1 aromatic carbocycles. The molecule has 21 heavy (non-hydrogen) atoms. The molecule has 0 heterocycles. The Balaban J connectivity index is 3.32. The van der Waals surface area contributed by atoms with Gasteiger partial charge in [-0.3, -0.25) is 4.31 Å². The van der Waals surface area contributed by atoms with Crippen molar-refractivity contribution in [2.75, 3.05) is 11.4 Å². The minimum absolute atomic E-state index is 0.308. The summed E-state index contributed by atoms with van der Waals surface area (Å²) in [7, 11) is -1.95. The molecule has 0 saturated carbocycles. The lowest BCUT2D eigenvalue weighted by molar-refractivity contribution is -0.145.